The molecule has 3 heterocycles. The van der Waals surface area contributed by atoms with Crippen molar-refractivity contribution in [3.05, 3.63) is 72.8 Å². The lowest BCUT2D eigenvalue weighted by Gasteiger charge is -2.09. The zero-order chi connectivity index (χ0) is 24.9. The Morgan fingerprint density at radius 1 is 1.15 bits per heavy atom. The van der Waals surface area contributed by atoms with Gasteiger partial charge < -0.3 is 5.32 Å². The number of alkyl halides is 3. The number of halogens is 6. The second-order valence-corrected chi connectivity index (χ2v) is 9.21. The van der Waals surface area contributed by atoms with E-state index in [4.69, 9.17) is 23.2 Å². The Balaban J connectivity index is 1.68. The summed E-state index contributed by atoms with van der Waals surface area (Å²) in [4.78, 5) is 17.1. The van der Waals surface area contributed by atoms with Crippen LogP contribution in [0.5, 0.6) is 0 Å². The molecule has 0 fully saturated rings. The van der Waals surface area contributed by atoms with E-state index in [-0.39, 0.29) is 21.5 Å². The predicted molar refractivity (Wildman–Crippen MR) is 126 cm³/mol. The lowest BCUT2D eigenvalue weighted by Crippen LogP contribution is -2.16. The van der Waals surface area contributed by atoms with Crippen LogP contribution >= 0.6 is 39.1 Å². The first kappa shape index (κ1) is 24.5. The highest BCUT2D eigenvalue weighted by Gasteiger charge is 2.36. The molecule has 4 rings (SSSR count). The molecule has 0 unspecified atom stereocenters. The Kier molecular flexibility index (Phi) is 6.38. The van der Waals surface area contributed by atoms with Gasteiger partial charge in [0.15, 0.2) is 11.3 Å². The van der Waals surface area contributed by atoms with Crippen molar-refractivity contribution >= 4 is 56.4 Å². The van der Waals surface area contributed by atoms with Gasteiger partial charge in [-0.2, -0.15) is 23.4 Å². The summed E-state index contributed by atoms with van der Waals surface area (Å²) >= 11 is 15.4. The molecule has 0 aliphatic carbocycles. The Labute approximate surface area is 210 Å². The summed E-state index contributed by atoms with van der Waals surface area (Å²) in [6.45, 7) is 5.22. The smallest absolute Gasteiger partial charge is 0.317 e. The van der Waals surface area contributed by atoms with E-state index in [1.807, 2.05) is 0 Å². The Hall–Kier alpha value is -2.63. The number of fused-ring (bicyclic) bond motifs is 1. The molecule has 178 valence electrons. The minimum Gasteiger partial charge on any atom is -0.317 e. The molecule has 0 aliphatic heterocycles. The van der Waals surface area contributed by atoms with Gasteiger partial charge >= 0.3 is 6.18 Å². The number of carbonyl (C=O) groups is 1. The molecular weight excluding hydrogens is 560 g/mol. The second kappa shape index (κ2) is 8.86. The summed E-state index contributed by atoms with van der Waals surface area (Å²) in [5.74, 6) is -0.710. The van der Waals surface area contributed by atoms with E-state index in [9.17, 15) is 18.0 Å². The summed E-state index contributed by atoms with van der Waals surface area (Å²) in [6.07, 6.45) is -4.68. The number of nitrogens with one attached hydrogen (secondary N) is 1. The zero-order valence-electron chi connectivity index (χ0n) is 17.9. The number of hydrogen-bond acceptors (Lipinski definition) is 4. The number of carbonyl (C=O) groups excluding carboxylic acids is 1. The first-order valence-corrected chi connectivity index (χ1v) is 11.3. The van der Waals surface area contributed by atoms with Crippen molar-refractivity contribution in [2.24, 2.45) is 0 Å². The van der Waals surface area contributed by atoms with Gasteiger partial charge in [0.05, 0.1) is 28.1 Å². The Morgan fingerprint density at radius 2 is 1.85 bits per heavy atom. The van der Waals surface area contributed by atoms with Crippen LogP contribution in [0, 0.1) is 20.8 Å². The van der Waals surface area contributed by atoms with Crippen molar-refractivity contribution in [2.75, 3.05) is 5.32 Å². The highest BCUT2D eigenvalue weighted by molar-refractivity contribution is 9.10. The lowest BCUT2D eigenvalue weighted by molar-refractivity contribution is -0.142. The first-order valence-electron chi connectivity index (χ1n) is 9.79. The normalized spacial score (nSPS) is 11.9. The average molecular weight is 576 g/mol. The maximum absolute atomic E-state index is 13.5. The van der Waals surface area contributed by atoms with Crippen molar-refractivity contribution in [1.29, 1.82) is 0 Å². The Bertz CT molecular complexity index is 1450. The SMILES string of the molecule is Cc1cc(C(F)(F)F)n2nc(C(=O)Nc3c(C)nn(Cc4ccc(Cl)cc4Cl)c3C)c(Br)c2n1. The summed E-state index contributed by atoms with van der Waals surface area (Å²) in [5, 5.41) is 12.0. The molecule has 13 heteroatoms. The summed E-state index contributed by atoms with van der Waals surface area (Å²) in [7, 11) is 0. The minimum atomic E-state index is -4.68. The van der Waals surface area contributed by atoms with Crippen LogP contribution in [0.25, 0.3) is 5.65 Å². The molecule has 7 nitrogen and oxygen atoms in total. The van der Waals surface area contributed by atoms with Crippen LogP contribution in [0.3, 0.4) is 0 Å². The number of amides is 1. The van der Waals surface area contributed by atoms with E-state index in [1.54, 1.807) is 36.7 Å². The molecule has 0 bridgehead atoms. The highest BCUT2D eigenvalue weighted by Crippen LogP contribution is 2.33. The van der Waals surface area contributed by atoms with E-state index < -0.39 is 17.8 Å². The van der Waals surface area contributed by atoms with Crippen molar-refractivity contribution in [2.45, 2.75) is 33.5 Å². The van der Waals surface area contributed by atoms with Gasteiger partial charge in [-0.1, -0.05) is 29.3 Å². The number of nitrogens with zero attached hydrogens (tertiary/aromatic N) is 5. The van der Waals surface area contributed by atoms with Crippen molar-refractivity contribution < 1.29 is 18.0 Å². The number of benzene rings is 1. The summed E-state index contributed by atoms with van der Waals surface area (Å²) < 4.78 is 42.8. The predicted octanol–water partition coefficient (Wildman–Crippen LogP) is 6.24. The van der Waals surface area contributed by atoms with Gasteiger partial charge in [-0.3, -0.25) is 9.48 Å². The van der Waals surface area contributed by atoms with Crippen LogP contribution < -0.4 is 5.32 Å². The summed E-state index contributed by atoms with van der Waals surface area (Å²) in [5.41, 5.74) is 1.09. The van der Waals surface area contributed by atoms with Crippen molar-refractivity contribution in [3.63, 3.8) is 0 Å². The first-order chi connectivity index (χ1) is 15.9. The molecule has 1 N–H and O–H groups in total. The van der Waals surface area contributed by atoms with Gasteiger partial charge in [0.25, 0.3) is 5.91 Å². The van der Waals surface area contributed by atoms with E-state index in [1.165, 1.54) is 6.92 Å². The fourth-order valence-corrected chi connectivity index (χ4v) is 4.46. The van der Waals surface area contributed by atoms with Crippen LogP contribution in [0.2, 0.25) is 10.0 Å². The van der Waals surface area contributed by atoms with E-state index in [2.05, 4.69) is 36.4 Å². The second-order valence-electron chi connectivity index (χ2n) is 7.57. The molecule has 4 aromatic rings. The average Bonchev–Trinajstić information content (AvgIpc) is 3.20. The molecule has 0 aliphatic rings. The third kappa shape index (κ3) is 4.51. The largest absolute Gasteiger partial charge is 0.433 e. The molecular formula is C21H16BrCl2F3N6O. The number of rotatable bonds is 4. The molecule has 0 spiro atoms. The monoisotopic (exact) mass is 574 g/mol. The van der Waals surface area contributed by atoms with Gasteiger partial charge in [-0.05, 0) is 60.5 Å². The van der Waals surface area contributed by atoms with Crippen molar-refractivity contribution in [3.8, 4) is 0 Å². The topological polar surface area (TPSA) is 77.1 Å². The third-order valence-electron chi connectivity index (χ3n) is 5.12. The number of hydrogen-bond donors (Lipinski definition) is 1. The van der Waals surface area contributed by atoms with Crippen LogP contribution in [-0.4, -0.2) is 30.3 Å². The zero-order valence-corrected chi connectivity index (χ0v) is 21.0. The molecule has 0 atom stereocenters. The molecule has 1 amide bonds. The van der Waals surface area contributed by atoms with Crippen LogP contribution in [0.4, 0.5) is 18.9 Å². The quantitative estimate of drug-likeness (QED) is 0.312. The van der Waals surface area contributed by atoms with Crippen LogP contribution in [-0.2, 0) is 12.7 Å². The van der Waals surface area contributed by atoms with Crippen LogP contribution in [0.1, 0.15) is 38.8 Å². The fourth-order valence-electron chi connectivity index (χ4n) is 3.48. The number of aryl methyl sites for hydroxylation is 2. The van der Waals surface area contributed by atoms with Crippen molar-refractivity contribution in [1.82, 2.24) is 24.4 Å². The maximum atomic E-state index is 13.5. The maximum Gasteiger partial charge on any atom is 0.433 e. The molecule has 34 heavy (non-hydrogen) atoms. The Morgan fingerprint density at radius 3 is 2.50 bits per heavy atom. The third-order valence-corrected chi connectivity index (χ3v) is 6.44. The standard InChI is InChI=1S/C21H16BrCl2F3N6O/c1-9-6-15(21(25,26)27)33-19(28-9)16(22)18(31-33)20(34)29-17-10(2)30-32(11(17)3)8-12-4-5-13(23)7-14(12)24/h4-7H,8H2,1-3H3,(H,29,34). The molecule has 3 aromatic heterocycles. The summed E-state index contributed by atoms with van der Waals surface area (Å²) in [6, 6.07) is 5.98. The van der Waals surface area contributed by atoms with Gasteiger partial charge in [0.2, 0.25) is 0 Å². The molecule has 0 radical (unpaired) electrons. The van der Waals surface area contributed by atoms with E-state index in [0.29, 0.717) is 38.2 Å². The van der Waals surface area contributed by atoms with Gasteiger partial charge in [-0.25, -0.2) is 9.50 Å². The molecule has 0 saturated carbocycles. The van der Waals surface area contributed by atoms with Crippen LogP contribution in [0.15, 0.2) is 28.7 Å². The number of anilines is 1. The van der Waals surface area contributed by atoms with Gasteiger partial charge in [0, 0.05) is 15.7 Å². The molecule has 0 saturated heterocycles. The van der Waals surface area contributed by atoms with E-state index in [0.717, 1.165) is 11.6 Å². The fraction of sp³-hybridized carbons (Fsp3) is 0.238. The minimum absolute atomic E-state index is 0.0508. The number of aromatic nitrogens is 5. The lowest BCUT2D eigenvalue weighted by atomic mass is 10.2. The van der Waals surface area contributed by atoms with E-state index >= 15 is 0 Å². The van der Waals surface area contributed by atoms with Gasteiger partial charge in [0.1, 0.15) is 5.69 Å². The van der Waals surface area contributed by atoms with Gasteiger partial charge in [-0.15, -0.1) is 0 Å². The highest BCUT2D eigenvalue weighted by atomic mass is 79.9. The molecule has 1 aromatic carbocycles.